The van der Waals surface area contributed by atoms with Crippen LogP contribution in [0.5, 0.6) is 0 Å². The minimum atomic E-state index is 0.899. The van der Waals surface area contributed by atoms with E-state index < -0.39 is 0 Å². The Kier molecular flexibility index (Phi) is 1.95. The summed E-state index contributed by atoms with van der Waals surface area (Å²) in [5.41, 5.74) is 1.49. The highest BCUT2D eigenvalue weighted by molar-refractivity contribution is 8.03. The summed E-state index contributed by atoms with van der Waals surface area (Å²) in [6, 6.07) is 0. The topological polar surface area (TPSA) is 9.23 Å². The fourth-order valence-corrected chi connectivity index (χ4v) is 2.39. The van der Waals surface area contributed by atoms with Crippen molar-refractivity contribution in [2.75, 3.05) is 12.4 Å². The van der Waals surface area contributed by atoms with Crippen molar-refractivity contribution < 1.29 is 4.74 Å². The van der Waals surface area contributed by atoms with Crippen LogP contribution in [0.4, 0.5) is 0 Å². The third-order valence-corrected chi connectivity index (χ3v) is 3.04. The molecule has 0 radical (unpaired) electrons. The molecule has 0 aromatic rings. The quantitative estimate of drug-likeness (QED) is 0.550. The van der Waals surface area contributed by atoms with Gasteiger partial charge in [0, 0.05) is 17.1 Å². The molecule has 0 aromatic carbocycles. The lowest BCUT2D eigenvalue weighted by atomic mass is 10.1. The van der Waals surface area contributed by atoms with E-state index in [1.54, 1.807) is 0 Å². The molecule has 60 valence electrons. The zero-order chi connectivity index (χ0) is 7.68. The predicted octanol–water partition coefficient (Wildman–Crippen LogP) is 2.70. The van der Waals surface area contributed by atoms with Crippen molar-refractivity contribution in [2.24, 2.45) is 0 Å². The fraction of sp³-hybridized carbons (Fsp3) is 0.556. The summed E-state index contributed by atoms with van der Waals surface area (Å²) >= 11 is 1.93. The summed E-state index contributed by atoms with van der Waals surface area (Å²) in [5, 5.41) is 0. The van der Waals surface area contributed by atoms with Crippen LogP contribution in [0.2, 0.25) is 0 Å². The number of thioether (sulfide) groups is 1. The van der Waals surface area contributed by atoms with Crippen molar-refractivity contribution >= 4 is 11.8 Å². The van der Waals surface area contributed by atoms with Gasteiger partial charge in [-0.25, -0.2) is 0 Å². The summed E-state index contributed by atoms with van der Waals surface area (Å²) in [5.74, 6) is 2.34. The Morgan fingerprint density at radius 1 is 1.45 bits per heavy atom. The first-order chi connectivity index (χ1) is 5.36. The number of ether oxygens (including phenoxy) is 1. The van der Waals surface area contributed by atoms with Crippen LogP contribution in [0.15, 0.2) is 22.3 Å². The molecule has 0 unspecified atom stereocenters. The van der Waals surface area contributed by atoms with E-state index in [2.05, 4.69) is 13.0 Å². The molecule has 0 saturated carbocycles. The van der Waals surface area contributed by atoms with Crippen molar-refractivity contribution in [3.63, 3.8) is 0 Å². The highest BCUT2D eigenvalue weighted by Gasteiger charge is 2.16. The smallest absolute Gasteiger partial charge is 0.110 e. The molecule has 11 heavy (non-hydrogen) atoms. The van der Waals surface area contributed by atoms with Crippen molar-refractivity contribution in [1.29, 1.82) is 0 Å². The molecule has 1 aliphatic carbocycles. The summed E-state index contributed by atoms with van der Waals surface area (Å²) in [6.07, 6.45) is 4.56. The van der Waals surface area contributed by atoms with E-state index in [1.165, 1.54) is 22.7 Å². The molecule has 0 atom stereocenters. The van der Waals surface area contributed by atoms with Crippen LogP contribution in [0.25, 0.3) is 0 Å². The second kappa shape index (κ2) is 2.94. The Bertz CT molecular complexity index is 228. The lowest BCUT2D eigenvalue weighted by Crippen LogP contribution is -2.08. The van der Waals surface area contributed by atoms with Gasteiger partial charge in [0.25, 0.3) is 0 Å². The Morgan fingerprint density at radius 3 is 3.27 bits per heavy atom. The first-order valence-electron chi connectivity index (χ1n) is 4.02. The van der Waals surface area contributed by atoms with Crippen LogP contribution < -0.4 is 0 Å². The Labute approximate surface area is 71.5 Å². The van der Waals surface area contributed by atoms with Gasteiger partial charge < -0.3 is 4.74 Å². The molecule has 1 nitrogen and oxygen atoms in total. The molecule has 0 spiro atoms. The van der Waals surface area contributed by atoms with E-state index in [0.717, 1.165) is 18.8 Å². The lowest BCUT2D eigenvalue weighted by Gasteiger charge is -2.22. The molecule has 0 N–H and O–H groups in total. The van der Waals surface area contributed by atoms with Crippen molar-refractivity contribution in [2.45, 2.75) is 19.8 Å². The molecule has 2 heteroatoms. The molecule has 0 fully saturated rings. The van der Waals surface area contributed by atoms with Gasteiger partial charge in [-0.05, 0) is 19.4 Å². The van der Waals surface area contributed by atoms with E-state index in [9.17, 15) is 0 Å². The van der Waals surface area contributed by atoms with Crippen molar-refractivity contribution in [3.8, 4) is 0 Å². The SMILES string of the molecule is CC1=CC2=C(CC1)OCCS2. The normalized spacial score (nSPS) is 23.9. The second-order valence-electron chi connectivity index (χ2n) is 2.98. The van der Waals surface area contributed by atoms with E-state index >= 15 is 0 Å². The third-order valence-electron chi connectivity index (χ3n) is 2.02. The highest BCUT2D eigenvalue weighted by atomic mass is 32.2. The third kappa shape index (κ3) is 1.45. The number of rotatable bonds is 0. The molecule has 1 heterocycles. The molecule has 0 saturated heterocycles. The van der Waals surface area contributed by atoms with E-state index in [4.69, 9.17) is 4.74 Å². The van der Waals surface area contributed by atoms with Crippen LogP contribution >= 0.6 is 11.8 Å². The first kappa shape index (κ1) is 7.29. The summed E-state index contributed by atoms with van der Waals surface area (Å²) in [7, 11) is 0. The standard InChI is InChI=1S/C9H12OS/c1-7-2-3-8-9(6-7)11-5-4-10-8/h6H,2-5H2,1H3. The molecule has 0 bridgehead atoms. The fourth-order valence-electron chi connectivity index (χ4n) is 1.39. The van der Waals surface area contributed by atoms with Crippen LogP contribution in [-0.2, 0) is 4.74 Å². The lowest BCUT2D eigenvalue weighted by molar-refractivity contribution is 0.216. The monoisotopic (exact) mass is 168 g/mol. The maximum Gasteiger partial charge on any atom is 0.110 e. The predicted molar refractivity (Wildman–Crippen MR) is 48.4 cm³/mol. The zero-order valence-corrected chi connectivity index (χ0v) is 7.54. The average Bonchev–Trinajstić information content (AvgIpc) is 2.04. The number of hydrogen-bond donors (Lipinski definition) is 0. The minimum absolute atomic E-state index is 0.899. The Balaban J connectivity index is 2.25. The maximum atomic E-state index is 5.54. The Morgan fingerprint density at radius 2 is 2.36 bits per heavy atom. The van der Waals surface area contributed by atoms with Gasteiger partial charge in [0.05, 0.1) is 6.61 Å². The second-order valence-corrected chi connectivity index (χ2v) is 4.11. The van der Waals surface area contributed by atoms with Gasteiger partial charge in [-0.1, -0.05) is 5.57 Å². The van der Waals surface area contributed by atoms with Crippen LogP contribution in [0.3, 0.4) is 0 Å². The van der Waals surface area contributed by atoms with E-state index in [0.29, 0.717) is 0 Å². The van der Waals surface area contributed by atoms with Crippen molar-refractivity contribution in [1.82, 2.24) is 0 Å². The molecule has 1 aliphatic heterocycles. The van der Waals surface area contributed by atoms with Gasteiger partial charge in [0.1, 0.15) is 5.76 Å². The highest BCUT2D eigenvalue weighted by Crippen LogP contribution is 2.34. The number of allylic oxidation sites excluding steroid dienone is 3. The van der Waals surface area contributed by atoms with Gasteiger partial charge in [-0.2, -0.15) is 0 Å². The maximum absolute atomic E-state index is 5.54. The molecule has 2 rings (SSSR count). The molecular weight excluding hydrogens is 156 g/mol. The minimum Gasteiger partial charge on any atom is -0.496 e. The van der Waals surface area contributed by atoms with Gasteiger partial charge in [-0.15, -0.1) is 11.8 Å². The van der Waals surface area contributed by atoms with Gasteiger partial charge in [0.15, 0.2) is 0 Å². The molecule has 0 aromatic heterocycles. The van der Waals surface area contributed by atoms with E-state index in [-0.39, 0.29) is 0 Å². The van der Waals surface area contributed by atoms with Gasteiger partial charge in [-0.3, -0.25) is 0 Å². The summed E-state index contributed by atoms with van der Waals surface area (Å²) in [6.45, 7) is 3.09. The first-order valence-corrected chi connectivity index (χ1v) is 5.01. The van der Waals surface area contributed by atoms with Crippen LogP contribution in [0, 0.1) is 0 Å². The molecular formula is C9H12OS. The summed E-state index contributed by atoms with van der Waals surface area (Å²) < 4.78 is 5.54. The van der Waals surface area contributed by atoms with Crippen LogP contribution in [-0.4, -0.2) is 12.4 Å². The average molecular weight is 168 g/mol. The molecule has 0 amide bonds. The van der Waals surface area contributed by atoms with Crippen molar-refractivity contribution in [3.05, 3.63) is 22.3 Å². The largest absolute Gasteiger partial charge is 0.496 e. The van der Waals surface area contributed by atoms with E-state index in [1.807, 2.05) is 11.8 Å². The van der Waals surface area contributed by atoms with Crippen LogP contribution in [0.1, 0.15) is 19.8 Å². The summed E-state index contributed by atoms with van der Waals surface area (Å²) in [4.78, 5) is 1.38. The molecule has 2 aliphatic rings. The van der Waals surface area contributed by atoms with Gasteiger partial charge in [0.2, 0.25) is 0 Å². The number of hydrogen-bond acceptors (Lipinski definition) is 2. The van der Waals surface area contributed by atoms with Gasteiger partial charge >= 0.3 is 0 Å². The Hall–Kier alpha value is -0.370. The zero-order valence-electron chi connectivity index (χ0n) is 6.72.